The van der Waals surface area contributed by atoms with Gasteiger partial charge in [-0.3, -0.25) is 4.79 Å². The van der Waals surface area contributed by atoms with E-state index in [1.165, 1.54) is 24.3 Å². The maximum absolute atomic E-state index is 13.4. The molecule has 0 bridgehead atoms. The Hall–Kier alpha value is -3.47. The molecule has 2 fully saturated rings. The minimum absolute atomic E-state index is 0.176. The monoisotopic (exact) mass is 550 g/mol. The third-order valence-electron chi connectivity index (χ3n) is 6.43. The second kappa shape index (κ2) is 10.6. The Labute approximate surface area is 219 Å². The van der Waals surface area contributed by atoms with Gasteiger partial charge < -0.3 is 64.2 Å². The summed E-state index contributed by atoms with van der Waals surface area (Å²) in [7, 11) is 0. The number of aliphatic hydroxyl groups is 6. The number of phenolic OH excluding ortho intramolecular Hbond substituents is 2. The first-order valence-corrected chi connectivity index (χ1v) is 11.8. The average Bonchev–Trinajstić information content (AvgIpc) is 2.90. The van der Waals surface area contributed by atoms with Crippen LogP contribution in [-0.4, -0.2) is 103 Å². The Bertz CT molecular complexity index is 1390. The molecule has 2 aliphatic rings. The molecule has 39 heavy (non-hydrogen) atoms. The Morgan fingerprint density at radius 2 is 1.31 bits per heavy atom. The summed E-state index contributed by atoms with van der Waals surface area (Å²) < 4.78 is 27.5. The van der Waals surface area contributed by atoms with Gasteiger partial charge in [-0.25, -0.2) is 0 Å². The number of ether oxygens (including phenoxy) is 4. The Morgan fingerprint density at radius 3 is 1.90 bits per heavy atom. The number of hydrogen-bond donors (Lipinski definition) is 8. The number of aromatic hydroxyl groups is 2. The van der Waals surface area contributed by atoms with Crippen molar-refractivity contribution in [2.75, 3.05) is 13.2 Å². The van der Waals surface area contributed by atoms with Crippen molar-refractivity contribution in [1.82, 2.24) is 0 Å². The SMILES string of the molecule is O=c1c(OC2OCC(O)C(O)C2O)c(-c2ccc(OC3OCC(O)C(O)C3O)cc2)oc2cc(O)cc(O)c12. The molecule has 0 amide bonds. The largest absolute Gasteiger partial charge is 0.508 e. The highest BCUT2D eigenvalue weighted by molar-refractivity contribution is 5.88. The third kappa shape index (κ3) is 5.11. The molecule has 0 radical (unpaired) electrons. The lowest BCUT2D eigenvalue weighted by Gasteiger charge is -2.35. The van der Waals surface area contributed by atoms with E-state index in [4.69, 9.17) is 23.4 Å². The van der Waals surface area contributed by atoms with Crippen LogP contribution in [0.3, 0.4) is 0 Å². The molecule has 210 valence electrons. The molecule has 3 heterocycles. The summed E-state index contributed by atoms with van der Waals surface area (Å²) in [5.41, 5.74) is -0.843. The van der Waals surface area contributed by atoms with Gasteiger partial charge in [-0.2, -0.15) is 0 Å². The van der Waals surface area contributed by atoms with Gasteiger partial charge in [0.25, 0.3) is 0 Å². The highest BCUT2D eigenvalue weighted by Gasteiger charge is 2.41. The number of rotatable bonds is 5. The van der Waals surface area contributed by atoms with Crippen molar-refractivity contribution in [1.29, 1.82) is 0 Å². The standard InChI is InChI=1S/C25H26O14/c26-10-5-12(27)16-15(6-10)38-22(23(19(16)32)39-25-21(34)18(31)14(29)8-36-25)9-1-3-11(4-2-9)37-24-20(33)17(30)13(28)7-35-24/h1-6,13-14,17-18,20-21,24-31,33-34H,7-8H2. The summed E-state index contributed by atoms with van der Waals surface area (Å²) >= 11 is 0. The van der Waals surface area contributed by atoms with Crippen molar-refractivity contribution < 1.29 is 64.2 Å². The van der Waals surface area contributed by atoms with Crippen LogP contribution < -0.4 is 14.9 Å². The van der Waals surface area contributed by atoms with Crippen LogP contribution >= 0.6 is 0 Å². The molecule has 8 unspecified atom stereocenters. The molecule has 5 rings (SSSR count). The van der Waals surface area contributed by atoms with Gasteiger partial charge in [-0.05, 0) is 24.3 Å². The molecule has 0 aliphatic carbocycles. The van der Waals surface area contributed by atoms with E-state index in [0.717, 1.165) is 12.1 Å². The van der Waals surface area contributed by atoms with E-state index < -0.39 is 72.7 Å². The van der Waals surface area contributed by atoms with Crippen molar-refractivity contribution in [2.45, 2.75) is 49.2 Å². The number of hydrogen-bond acceptors (Lipinski definition) is 14. The quantitative estimate of drug-likeness (QED) is 0.181. The first-order chi connectivity index (χ1) is 18.5. The van der Waals surface area contributed by atoms with Gasteiger partial charge in [0.05, 0.1) is 13.2 Å². The number of aliphatic hydroxyl groups excluding tert-OH is 6. The van der Waals surface area contributed by atoms with Gasteiger partial charge in [-0.15, -0.1) is 0 Å². The lowest BCUT2D eigenvalue weighted by molar-refractivity contribution is -0.242. The topological polar surface area (TPSA) is 229 Å². The summed E-state index contributed by atoms with van der Waals surface area (Å²) in [5, 5.41) is 79.4. The zero-order valence-electron chi connectivity index (χ0n) is 20.0. The van der Waals surface area contributed by atoms with E-state index in [1.54, 1.807) is 0 Å². The van der Waals surface area contributed by atoms with Crippen molar-refractivity contribution in [3.05, 3.63) is 46.6 Å². The van der Waals surface area contributed by atoms with E-state index in [1.807, 2.05) is 0 Å². The summed E-state index contributed by atoms with van der Waals surface area (Å²) in [5.74, 6) is -1.51. The zero-order chi connectivity index (χ0) is 28.0. The molecular formula is C25H26O14. The van der Waals surface area contributed by atoms with Crippen LogP contribution in [-0.2, 0) is 9.47 Å². The van der Waals surface area contributed by atoms with Crippen molar-refractivity contribution in [2.24, 2.45) is 0 Å². The first kappa shape index (κ1) is 27.1. The fourth-order valence-corrected chi connectivity index (χ4v) is 4.27. The minimum atomic E-state index is -1.74. The van der Waals surface area contributed by atoms with Gasteiger partial charge in [0, 0.05) is 17.7 Å². The van der Waals surface area contributed by atoms with Crippen LogP contribution in [0, 0.1) is 0 Å². The average molecular weight is 550 g/mol. The van der Waals surface area contributed by atoms with E-state index >= 15 is 0 Å². The van der Waals surface area contributed by atoms with Gasteiger partial charge in [0.2, 0.25) is 23.8 Å². The second-order valence-corrected chi connectivity index (χ2v) is 9.19. The molecule has 0 saturated carbocycles. The smallest absolute Gasteiger partial charge is 0.239 e. The van der Waals surface area contributed by atoms with Crippen LogP contribution in [0.15, 0.2) is 45.6 Å². The summed E-state index contributed by atoms with van der Waals surface area (Å²) in [6, 6.07) is 7.75. The Balaban J connectivity index is 1.51. The molecule has 8 atom stereocenters. The first-order valence-electron chi connectivity index (χ1n) is 11.8. The molecule has 8 N–H and O–H groups in total. The fourth-order valence-electron chi connectivity index (χ4n) is 4.27. The summed E-state index contributed by atoms with van der Waals surface area (Å²) in [4.78, 5) is 13.4. The fraction of sp³-hybridized carbons (Fsp3) is 0.400. The normalized spacial score (nSPS) is 31.2. The minimum Gasteiger partial charge on any atom is -0.508 e. The molecule has 3 aromatic rings. The van der Waals surface area contributed by atoms with E-state index in [0.29, 0.717) is 0 Å². The Morgan fingerprint density at radius 1 is 0.744 bits per heavy atom. The van der Waals surface area contributed by atoms with Gasteiger partial charge >= 0.3 is 0 Å². The number of benzene rings is 2. The van der Waals surface area contributed by atoms with Crippen LogP contribution in [0.1, 0.15) is 0 Å². The number of phenols is 2. The lowest BCUT2D eigenvalue weighted by Crippen LogP contribution is -2.55. The molecular weight excluding hydrogens is 524 g/mol. The van der Waals surface area contributed by atoms with Gasteiger partial charge in [-0.1, -0.05) is 0 Å². The predicted octanol–water partition coefficient (Wildman–Crippen LogP) is -1.49. The molecule has 2 aliphatic heterocycles. The third-order valence-corrected chi connectivity index (χ3v) is 6.43. The molecule has 14 nitrogen and oxygen atoms in total. The zero-order valence-corrected chi connectivity index (χ0v) is 20.0. The van der Waals surface area contributed by atoms with Crippen molar-refractivity contribution in [3.8, 4) is 34.3 Å². The van der Waals surface area contributed by atoms with Gasteiger partial charge in [0.1, 0.15) is 64.8 Å². The number of fused-ring (bicyclic) bond motifs is 1. The summed E-state index contributed by atoms with van der Waals surface area (Å²) in [6.45, 7) is -0.659. The highest BCUT2D eigenvalue weighted by Crippen LogP contribution is 2.37. The molecule has 1 aromatic heterocycles. The summed E-state index contributed by atoms with van der Waals surface area (Å²) in [6.07, 6.45) is -11.9. The van der Waals surface area contributed by atoms with Crippen LogP contribution in [0.2, 0.25) is 0 Å². The van der Waals surface area contributed by atoms with Crippen molar-refractivity contribution in [3.63, 3.8) is 0 Å². The van der Waals surface area contributed by atoms with Crippen molar-refractivity contribution >= 4 is 11.0 Å². The van der Waals surface area contributed by atoms with Crippen LogP contribution in [0.5, 0.6) is 23.0 Å². The van der Waals surface area contributed by atoms with Crippen LogP contribution in [0.25, 0.3) is 22.3 Å². The maximum Gasteiger partial charge on any atom is 0.239 e. The maximum atomic E-state index is 13.4. The molecule has 2 aromatic carbocycles. The van der Waals surface area contributed by atoms with E-state index in [9.17, 15) is 45.6 Å². The van der Waals surface area contributed by atoms with E-state index in [-0.39, 0.29) is 40.4 Å². The van der Waals surface area contributed by atoms with Gasteiger partial charge in [0.15, 0.2) is 5.76 Å². The molecule has 2 saturated heterocycles. The van der Waals surface area contributed by atoms with Crippen LogP contribution in [0.4, 0.5) is 0 Å². The second-order valence-electron chi connectivity index (χ2n) is 9.19. The lowest BCUT2D eigenvalue weighted by atomic mass is 10.1. The molecule has 0 spiro atoms. The predicted molar refractivity (Wildman–Crippen MR) is 128 cm³/mol. The highest BCUT2D eigenvalue weighted by atomic mass is 16.7. The van der Waals surface area contributed by atoms with E-state index in [2.05, 4.69) is 0 Å². The Kier molecular flexibility index (Phi) is 7.37. The molecule has 14 heteroatoms.